The number of esters is 2. The molecular formula is C20H15N3O4. The summed E-state index contributed by atoms with van der Waals surface area (Å²) in [4.78, 5) is 29.5. The molecule has 7 nitrogen and oxygen atoms in total. The highest BCUT2D eigenvalue weighted by Gasteiger charge is 2.29. The lowest BCUT2D eigenvalue weighted by atomic mass is 10.1. The highest BCUT2D eigenvalue weighted by molar-refractivity contribution is 6.10. The van der Waals surface area contributed by atoms with E-state index in [0.717, 1.165) is 5.56 Å². The first-order chi connectivity index (χ1) is 13.2. The van der Waals surface area contributed by atoms with Crippen molar-refractivity contribution in [1.29, 1.82) is 0 Å². The molecule has 0 aliphatic heterocycles. The number of benzene rings is 2. The molecule has 0 fully saturated rings. The molecule has 0 N–H and O–H groups in total. The van der Waals surface area contributed by atoms with Gasteiger partial charge in [0, 0.05) is 5.56 Å². The SMILES string of the molecule is COC(=O)c1nn2c(c(-c3ccccc3)nc3ccccc32)c1C(=O)OC. The summed E-state index contributed by atoms with van der Waals surface area (Å²) in [6, 6.07) is 16.8. The maximum Gasteiger partial charge on any atom is 0.359 e. The van der Waals surface area contributed by atoms with Crippen LogP contribution in [0, 0.1) is 0 Å². The Hall–Kier alpha value is -3.74. The van der Waals surface area contributed by atoms with Crippen LogP contribution in [0.15, 0.2) is 54.6 Å². The topological polar surface area (TPSA) is 82.8 Å². The summed E-state index contributed by atoms with van der Waals surface area (Å²) in [5, 5.41) is 4.37. The quantitative estimate of drug-likeness (QED) is 0.522. The van der Waals surface area contributed by atoms with Gasteiger partial charge < -0.3 is 9.47 Å². The van der Waals surface area contributed by atoms with Crippen LogP contribution in [0.4, 0.5) is 0 Å². The van der Waals surface area contributed by atoms with Crippen molar-refractivity contribution in [3.63, 3.8) is 0 Å². The average molecular weight is 361 g/mol. The van der Waals surface area contributed by atoms with E-state index in [2.05, 4.69) is 5.10 Å². The number of methoxy groups -OCH3 is 2. The van der Waals surface area contributed by atoms with Gasteiger partial charge in [0.1, 0.15) is 11.1 Å². The zero-order valence-corrected chi connectivity index (χ0v) is 14.7. The number of rotatable bonds is 3. The molecule has 27 heavy (non-hydrogen) atoms. The van der Waals surface area contributed by atoms with Gasteiger partial charge in [0.15, 0.2) is 5.69 Å². The first-order valence-corrected chi connectivity index (χ1v) is 8.19. The third-order valence-corrected chi connectivity index (χ3v) is 4.27. The minimum absolute atomic E-state index is 0.0291. The Bertz CT molecular complexity index is 1180. The van der Waals surface area contributed by atoms with Crippen molar-refractivity contribution in [2.45, 2.75) is 0 Å². The van der Waals surface area contributed by atoms with Gasteiger partial charge in [-0.3, -0.25) is 0 Å². The summed E-state index contributed by atoms with van der Waals surface area (Å²) in [6.07, 6.45) is 0. The molecule has 0 amide bonds. The lowest BCUT2D eigenvalue weighted by Crippen LogP contribution is -2.11. The third kappa shape index (κ3) is 2.60. The minimum Gasteiger partial charge on any atom is -0.465 e. The van der Waals surface area contributed by atoms with Crippen molar-refractivity contribution in [2.24, 2.45) is 0 Å². The van der Waals surface area contributed by atoms with Crippen molar-refractivity contribution in [1.82, 2.24) is 14.6 Å². The van der Waals surface area contributed by atoms with E-state index in [1.807, 2.05) is 54.6 Å². The molecule has 134 valence electrons. The number of aromatic nitrogens is 3. The van der Waals surface area contributed by atoms with Crippen molar-refractivity contribution in [2.75, 3.05) is 14.2 Å². The second kappa shape index (κ2) is 6.53. The predicted molar refractivity (Wildman–Crippen MR) is 98.6 cm³/mol. The summed E-state index contributed by atoms with van der Waals surface area (Å²) in [6.45, 7) is 0. The third-order valence-electron chi connectivity index (χ3n) is 4.27. The van der Waals surface area contributed by atoms with Gasteiger partial charge in [0.2, 0.25) is 0 Å². The number of fused-ring (bicyclic) bond motifs is 3. The first-order valence-electron chi connectivity index (χ1n) is 8.19. The smallest absolute Gasteiger partial charge is 0.359 e. The molecule has 7 heteroatoms. The normalized spacial score (nSPS) is 10.9. The van der Waals surface area contributed by atoms with Crippen LogP contribution in [0.2, 0.25) is 0 Å². The highest BCUT2D eigenvalue weighted by atomic mass is 16.5. The highest BCUT2D eigenvalue weighted by Crippen LogP contribution is 2.31. The molecule has 0 saturated heterocycles. The lowest BCUT2D eigenvalue weighted by Gasteiger charge is -2.08. The fraction of sp³-hybridized carbons (Fsp3) is 0.100. The Morgan fingerprint density at radius 3 is 2.26 bits per heavy atom. The van der Waals surface area contributed by atoms with Gasteiger partial charge in [0.25, 0.3) is 0 Å². The number of hydrogen-bond donors (Lipinski definition) is 0. The summed E-state index contributed by atoms with van der Waals surface area (Å²) in [5.41, 5.74) is 2.96. The van der Waals surface area contributed by atoms with Crippen LogP contribution in [0.3, 0.4) is 0 Å². The number of ether oxygens (including phenoxy) is 2. The molecule has 0 aliphatic rings. The van der Waals surface area contributed by atoms with E-state index in [4.69, 9.17) is 14.5 Å². The van der Waals surface area contributed by atoms with Crippen LogP contribution in [-0.2, 0) is 9.47 Å². The van der Waals surface area contributed by atoms with Crippen LogP contribution in [-0.4, -0.2) is 40.8 Å². The number of carbonyl (C=O) groups excluding carboxylic acids is 2. The van der Waals surface area contributed by atoms with Crippen LogP contribution in [0.1, 0.15) is 20.8 Å². The molecule has 0 atom stereocenters. The Balaban J connectivity index is 2.22. The molecule has 0 aliphatic carbocycles. The number of hydrogen-bond acceptors (Lipinski definition) is 6. The molecule has 0 radical (unpaired) electrons. The van der Waals surface area contributed by atoms with Gasteiger partial charge >= 0.3 is 11.9 Å². The maximum absolute atomic E-state index is 12.5. The van der Waals surface area contributed by atoms with Crippen molar-refractivity contribution < 1.29 is 19.1 Å². The second-order valence-corrected chi connectivity index (χ2v) is 5.78. The summed E-state index contributed by atoms with van der Waals surface area (Å²) < 4.78 is 11.3. The zero-order chi connectivity index (χ0) is 19.0. The molecule has 0 saturated carbocycles. The molecule has 4 aromatic rings. The number of nitrogens with zero attached hydrogens (tertiary/aromatic N) is 3. The fourth-order valence-electron chi connectivity index (χ4n) is 3.05. The molecule has 4 rings (SSSR count). The van der Waals surface area contributed by atoms with E-state index in [1.165, 1.54) is 14.2 Å². The van der Waals surface area contributed by atoms with Crippen molar-refractivity contribution in [3.8, 4) is 11.3 Å². The molecule has 2 aromatic carbocycles. The van der Waals surface area contributed by atoms with Crippen LogP contribution in [0.5, 0.6) is 0 Å². The number of carbonyl (C=O) groups is 2. The van der Waals surface area contributed by atoms with Crippen LogP contribution in [0.25, 0.3) is 27.8 Å². The molecule has 2 aromatic heterocycles. The van der Waals surface area contributed by atoms with Gasteiger partial charge in [-0.15, -0.1) is 0 Å². The van der Waals surface area contributed by atoms with Gasteiger partial charge in [-0.25, -0.2) is 19.1 Å². The first kappa shape index (κ1) is 16.7. The van der Waals surface area contributed by atoms with E-state index in [9.17, 15) is 9.59 Å². The molecular weight excluding hydrogens is 346 g/mol. The monoisotopic (exact) mass is 361 g/mol. The van der Waals surface area contributed by atoms with E-state index in [0.29, 0.717) is 22.2 Å². The average Bonchev–Trinajstić information content (AvgIpc) is 3.13. The Morgan fingerprint density at radius 1 is 0.889 bits per heavy atom. The molecule has 0 spiro atoms. The Labute approximate surface area is 154 Å². The van der Waals surface area contributed by atoms with Crippen LogP contribution >= 0.6 is 0 Å². The summed E-state index contributed by atoms with van der Waals surface area (Å²) in [7, 11) is 2.49. The lowest BCUT2D eigenvalue weighted by molar-refractivity contribution is 0.0553. The predicted octanol–water partition coefficient (Wildman–Crippen LogP) is 3.12. The van der Waals surface area contributed by atoms with Gasteiger partial charge in [0.05, 0.1) is 30.9 Å². The second-order valence-electron chi connectivity index (χ2n) is 5.78. The molecule has 2 heterocycles. The van der Waals surface area contributed by atoms with E-state index in [-0.39, 0.29) is 11.3 Å². The Morgan fingerprint density at radius 2 is 1.56 bits per heavy atom. The van der Waals surface area contributed by atoms with Gasteiger partial charge in [-0.2, -0.15) is 5.10 Å². The summed E-state index contributed by atoms with van der Waals surface area (Å²) in [5.74, 6) is -1.40. The van der Waals surface area contributed by atoms with E-state index in [1.54, 1.807) is 4.52 Å². The van der Waals surface area contributed by atoms with E-state index < -0.39 is 11.9 Å². The summed E-state index contributed by atoms with van der Waals surface area (Å²) >= 11 is 0. The van der Waals surface area contributed by atoms with Crippen molar-refractivity contribution >= 4 is 28.5 Å². The van der Waals surface area contributed by atoms with Gasteiger partial charge in [-0.1, -0.05) is 42.5 Å². The number of para-hydroxylation sites is 2. The van der Waals surface area contributed by atoms with Crippen molar-refractivity contribution in [3.05, 3.63) is 65.9 Å². The van der Waals surface area contributed by atoms with E-state index >= 15 is 0 Å². The maximum atomic E-state index is 12.5. The van der Waals surface area contributed by atoms with Crippen LogP contribution < -0.4 is 0 Å². The standard InChI is InChI=1S/C20H15N3O4/c1-26-19(24)15-17(20(25)27-2)22-23-14-11-7-6-10-13(14)21-16(18(15)23)12-8-4-3-5-9-12/h3-11H,1-2H3. The van der Waals surface area contributed by atoms with Gasteiger partial charge in [-0.05, 0) is 12.1 Å². The Kier molecular flexibility index (Phi) is 4.04. The minimum atomic E-state index is -0.720. The molecule has 0 unspecified atom stereocenters. The fourth-order valence-corrected chi connectivity index (χ4v) is 3.05. The largest absolute Gasteiger partial charge is 0.465 e. The zero-order valence-electron chi connectivity index (χ0n) is 14.7. The molecule has 0 bridgehead atoms.